The van der Waals surface area contributed by atoms with Crippen molar-refractivity contribution in [2.75, 3.05) is 0 Å². The Labute approximate surface area is 131 Å². The van der Waals surface area contributed by atoms with Crippen LogP contribution in [0.1, 0.15) is 32.1 Å². The van der Waals surface area contributed by atoms with E-state index in [-0.39, 0.29) is 0 Å². The van der Waals surface area contributed by atoms with Crippen LogP contribution in [0.3, 0.4) is 0 Å². The predicted octanol–water partition coefficient (Wildman–Crippen LogP) is -1.83. The molecule has 1 rings (SSSR count). The van der Waals surface area contributed by atoms with Crippen LogP contribution in [0, 0.1) is 0 Å². The van der Waals surface area contributed by atoms with Crippen molar-refractivity contribution in [2.45, 2.75) is 38.1 Å². The number of nitrogens with two attached hydrogens (primary N) is 1. The first kappa shape index (κ1) is 26.5. The molecule has 1 saturated carbocycles. The van der Waals surface area contributed by atoms with Crippen molar-refractivity contribution in [3.63, 3.8) is 0 Å². The second kappa shape index (κ2) is 36.0. The number of hydrogen-bond acceptors (Lipinski definition) is 5. The second-order valence-corrected chi connectivity index (χ2v) is 3.35. The van der Waals surface area contributed by atoms with Crippen molar-refractivity contribution >= 4 is 64.3 Å². The van der Waals surface area contributed by atoms with Crippen molar-refractivity contribution in [1.82, 2.24) is 0 Å². The van der Waals surface area contributed by atoms with Crippen LogP contribution >= 0.6 is 0 Å². The molecule has 0 amide bonds. The van der Waals surface area contributed by atoms with Crippen molar-refractivity contribution < 1.29 is 23.4 Å². The van der Waals surface area contributed by atoms with Crippen molar-refractivity contribution in [2.24, 2.45) is 5.73 Å². The van der Waals surface area contributed by atoms with Gasteiger partial charge in [-0.15, -0.1) is 0 Å². The van der Waals surface area contributed by atoms with Crippen LogP contribution in [0.2, 0.25) is 0 Å². The first-order chi connectivity index (χ1) is 8.22. The molecule has 1 fully saturated rings. The molecule has 7 nitrogen and oxygen atoms in total. The van der Waals surface area contributed by atoms with Gasteiger partial charge in [0.25, 0.3) is 0 Å². The Balaban J connectivity index is -0.0000000727. The van der Waals surface area contributed by atoms with Gasteiger partial charge in [0.15, 0.2) is 0 Å². The van der Waals surface area contributed by atoms with E-state index < -0.39 is 31.4 Å². The van der Waals surface area contributed by atoms with Crippen LogP contribution in [-0.4, -0.2) is 78.6 Å². The van der Waals surface area contributed by atoms with Gasteiger partial charge in [0.1, 0.15) is 0 Å². The molecule has 0 bridgehead atoms. The van der Waals surface area contributed by atoms with Crippen LogP contribution in [0.5, 0.6) is 0 Å². The summed E-state index contributed by atoms with van der Waals surface area (Å²) in [6.07, 6.45) is 6.66. The van der Waals surface area contributed by atoms with Crippen LogP contribution in [0.4, 0.5) is 0 Å². The summed E-state index contributed by atoms with van der Waals surface area (Å²) < 4.78 is 48.0. The third kappa shape index (κ3) is 47.3. The van der Waals surface area contributed by atoms with Gasteiger partial charge in [-0.05, 0) is 12.8 Å². The Morgan fingerprint density at radius 3 is 1.24 bits per heavy atom. The van der Waals surface area contributed by atoms with E-state index >= 15 is 0 Å². The molecule has 0 aromatic carbocycles. The standard InChI is InChI=1S/C6H13N.2GeHO2.2GeO/c7-6-4-2-1-3-5-6;2*2-1-3;2*1-2/h6H,1-5,7H2;2*2H;;. The van der Waals surface area contributed by atoms with Crippen LogP contribution in [0.15, 0.2) is 0 Å². The third-order valence-corrected chi connectivity index (χ3v) is 1.65. The maximum atomic E-state index is 8.61. The molecule has 17 heavy (non-hydrogen) atoms. The Hall–Kier alpha value is 0.931. The van der Waals surface area contributed by atoms with E-state index in [1.165, 1.54) is 32.1 Å². The summed E-state index contributed by atoms with van der Waals surface area (Å²) in [6.45, 7) is 0. The van der Waals surface area contributed by atoms with E-state index in [1.54, 1.807) is 0 Å². The first-order valence-electron chi connectivity index (χ1n) is 4.41. The molecule has 1 aliphatic carbocycles. The van der Waals surface area contributed by atoms with E-state index in [9.17, 15) is 0 Å². The quantitative estimate of drug-likeness (QED) is 0.342. The molecule has 96 valence electrons. The van der Waals surface area contributed by atoms with E-state index in [1.807, 2.05) is 0 Å². The first-order valence-corrected chi connectivity index (χ1v) is 9.72. The van der Waals surface area contributed by atoms with Gasteiger partial charge >= 0.3 is 87.7 Å². The van der Waals surface area contributed by atoms with E-state index in [0.717, 1.165) is 32.9 Å². The topological polar surface area (TPSA) is 135 Å². The van der Waals surface area contributed by atoms with Crippen molar-refractivity contribution in [3.05, 3.63) is 0 Å². The zero-order valence-electron chi connectivity index (χ0n) is 9.22. The summed E-state index contributed by atoms with van der Waals surface area (Å²) in [5.41, 5.74) is 5.63. The summed E-state index contributed by atoms with van der Waals surface area (Å²) in [7, 11) is 0. The van der Waals surface area contributed by atoms with Crippen LogP contribution in [-0.2, 0) is 15.1 Å². The second-order valence-electron chi connectivity index (χ2n) is 2.58. The molecule has 0 saturated heterocycles. The van der Waals surface area contributed by atoms with Gasteiger partial charge in [0.05, 0.1) is 0 Å². The average Bonchev–Trinajstić information content (AvgIpc) is 2.37. The van der Waals surface area contributed by atoms with Gasteiger partial charge in [-0.2, -0.15) is 0 Å². The van der Waals surface area contributed by atoms with Crippen molar-refractivity contribution in [1.29, 1.82) is 0 Å². The minimum atomic E-state index is -1.75. The van der Waals surface area contributed by atoms with Gasteiger partial charge in [-0.25, -0.2) is 0 Å². The Kier molecular flexibility index (Phi) is 56.0. The molecule has 0 aliphatic heterocycles. The Morgan fingerprint density at radius 2 is 1.12 bits per heavy atom. The molecule has 0 aromatic rings. The molecule has 6 radical (unpaired) electrons. The average molecular weight is 488 g/mol. The van der Waals surface area contributed by atoms with Gasteiger partial charge in [-0.3, -0.25) is 0 Å². The molecule has 0 atom stereocenters. The predicted molar refractivity (Wildman–Crippen MR) is 61.3 cm³/mol. The molecule has 0 heterocycles. The summed E-state index contributed by atoms with van der Waals surface area (Å²) in [5, 5.41) is 0. The molecule has 4 N–H and O–H groups in total. The molecule has 0 aromatic heterocycles. The summed E-state index contributed by atoms with van der Waals surface area (Å²) in [6, 6.07) is 0.536. The van der Waals surface area contributed by atoms with Gasteiger partial charge < -0.3 is 5.73 Å². The summed E-state index contributed by atoms with van der Waals surface area (Å²) >= 11 is -2.00. The van der Waals surface area contributed by atoms with Crippen molar-refractivity contribution in [3.8, 4) is 0 Å². The molecule has 0 unspecified atom stereocenters. The van der Waals surface area contributed by atoms with E-state index in [4.69, 9.17) is 29.1 Å². The van der Waals surface area contributed by atoms with E-state index in [2.05, 4.69) is 0 Å². The SMILES string of the molecule is NC1CCCCC1.[O]=[Ge].[O]=[Ge].[O]=[Ge][OH].[O]=[Ge][OH]. The molecule has 1 aliphatic rings. The van der Waals surface area contributed by atoms with Crippen LogP contribution in [0.25, 0.3) is 0 Å². The van der Waals surface area contributed by atoms with Gasteiger partial charge in [-0.1, -0.05) is 19.3 Å². The molecule has 11 heteroatoms. The maximum absolute atomic E-state index is 8.61. The molecular formula is C6H15Ge4NO6. The fourth-order valence-electron chi connectivity index (χ4n) is 1.13. The monoisotopic (exact) mass is 493 g/mol. The fraction of sp³-hybridized carbons (Fsp3) is 1.00. The number of rotatable bonds is 0. The Morgan fingerprint density at radius 1 is 0.882 bits per heavy atom. The summed E-state index contributed by atoms with van der Waals surface area (Å²) in [4.78, 5) is 0. The van der Waals surface area contributed by atoms with Gasteiger partial charge in [0.2, 0.25) is 0 Å². The minimum absolute atomic E-state index is 0.536. The summed E-state index contributed by atoms with van der Waals surface area (Å²) in [5.74, 6) is 0. The Bertz CT molecular complexity index is 140. The third-order valence-electron chi connectivity index (χ3n) is 1.65. The fourth-order valence-corrected chi connectivity index (χ4v) is 1.13. The number of hydrogen-bond donors (Lipinski definition) is 3. The van der Waals surface area contributed by atoms with E-state index in [0.29, 0.717) is 6.04 Å². The van der Waals surface area contributed by atoms with Crippen LogP contribution < -0.4 is 5.73 Å². The zero-order chi connectivity index (χ0) is 14.5. The normalized spacial score (nSPS) is 12.3. The molecule has 0 spiro atoms. The van der Waals surface area contributed by atoms with Gasteiger partial charge in [0, 0.05) is 6.04 Å². The zero-order valence-corrected chi connectivity index (χ0v) is 17.6. The molecular weight excluding hydrogens is 473 g/mol.